The van der Waals surface area contributed by atoms with Crippen LogP contribution in [0.15, 0.2) is 30.3 Å². The van der Waals surface area contributed by atoms with Crippen molar-refractivity contribution in [3.05, 3.63) is 41.5 Å². The maximum absolute atomic E-state index is 12.6. The third kappa shape index (κ3) is 2.42. The average Bonchev–Trinajstić information content (AvgIpc) is 2.54. The number of carbonyl (C=O) groups is 3. The molecule has 1 aliphatic rings. The average molecular weight is 313 g/mol. The number of benzene rings is 2. The highest BCUT2D eigenvalue weighted by Crippen LogP contribution is 2.35. The number of methoxy groups -OCH3 is 1. The molecule has 0 N–H and O–H groups in total. The van der Waals surface area contributed by atoms with Gasteiger partial charge in [-0.25, -0.2) is 0 Å². The topological polar surface area (TPSA) is 72.9 Å². The van der Waals surface area contributed by atoms with Crippen LogP contribution in [-0.2, 0) is 9.53 Å². The van der Waals surface area contributed by atoms with Gasteiger partial charge < -0.3 is 9.47 Å². The van der Waals surface area contributed by atoms with Crippen molar-refractivity contribution in [2.24, 2.45) is 0 Å². The van der Waals surface area contributed by atoms with Crippen LogP contribution >= 0.6 is 0 Å². The van der Waals surface area contributed by atoms with Crippen molar-refractivity contribution in [1.82, 2.24) is 4.90 Å². The lowest BCUT2D eigenvalue weighted by molar-refractivity contribution is -0.141. The zero-order valence-corrected chi connectivity index (χ0v) is 12.8. The van der Waals surface area contributed by atoms with Gasteiger partial charge >= 0.3 is 5.97 Å². The van der Waals surface area contributed by atoms with Crippen LogP contribution in [0.25, 0.3) is 10.8 Å². The molecule has 0 atom stereocenters. The number of ether oxygens (including phenoxy) is 2. The molecule has 0 fully saturated rings. The summed E-state index contributed by atoms with van der Waals surface area (Å²) in [6.07, 6.45) is 0. The molecular formula is C17H15NO5. The lowest BCUT2D eigenvalue weighted by Gasteiger charge is -2.27. The lowest BCUT2D eigenvalue weighted by atomic mass is 9.93. The van der Waals surface area contributed by atoms with E-state index in [1.54, 1.807) is 31.4 Å². The Kier molecular flexibility index (Phi) is 3.73. The first-order chi connectivity index (χ1) is 11.0. The Labute approximate surface area is 132 Å². The van der Waals surface area contributed by atoms with Crippen LogP contribution in [-0.4, -0.2) is 42.9 Å². The van der Waals surface area contributed by atoms with E-state index in [9.17, 15) is 14.4 Å². The zero-order chi connectivity index (χ0) is 16.6. The van der Waals surface area contributed by atoms with Crippen molar-refractivity contribution in [1.29, 1.82) is 0 Å². The molecule has 0 aromatic heterocycles. The van der Waals surface area contributed by atoms with Crippen molar-refractivity contribution in [2.45, 2.75) is 6.92 Å². The van der Waals surface area contributed by atoms with Crippen LogP contribution in [0.1, 0.15) is 27.6 Å². The molecule has 0 aliphatic carbocycles. The molecule has 0 spiro atoms. The molecule has 118 valence electrons. The van der Waals surface area contributed by atoms with Crippen molar-refractivity contribution < 1.29 is 23.9 Å². The molecular weight excluding hydrogens is 298 g/mol. The van der Waals surface area contributed by atoms with Crippen LogP contribution in [0.2, 0.25) is 0 Å². The van der Waals surface area contributed by atoms with Gasteiger partial charge in [-0.05, 0) is 18.2 Å². The third-order valence-electron chi connectivity index (χ3n) is 3.79. The largest absolute Gasteiger partial charge is 0.496 e. The fourth-order valence-corrected chi connectivity index (χ4v) is 2.78. The van der Waals surface area contributed by atoms with E-state index in [-0.39, 0.29) is 13.2 Å². The Balaban J connectivity index is 2.06. The van der Waals surface area contributed by atoms with Crippen LogP contribution < -0.4 is 4.74 Å². The molecule has 2 aromatic rings. The first kappa shape index (κ1) is 15.0. The number of hydrogen-bond donors (Lipinski definition) is 0. The molecule has 1 heterocycles. The molecule has 1 aliphatic heterocycles. The molecule has 2 aromatic carbocycles. The fourth-order valence-electron chi connectivity index (χ4n) is 2.78. The molecule has 0 saturated heterocycles. The monoisotopic (exact) mass is 313 g/mol. The summed E-state index contributed by atoms with van der Waals surface area (Å²) in [6.45, 7) is 1.29. The predicted molar refractivity (Wildman–Crippen MR) is 82.5 cm³/mol. The van der Waals surface area contributed by atoms with Gasteiger partial charge in [-0.2, -0.15) is 0 Å². The number of nitrogens with zero attached hydrogens (tertiary/aromatic N) is 1. The molecule has 0 radical (unpaired) electrons. The predicted octanol–water partition coefficient (Wildman–Crippen LogP) is 2.01. The summed E-state index contributed by atoms with van der Waals surface area (Å²) in [7, 11) is 1.54. The molecule has 23 heavy (non-hydrogen) atoms. The Bertz CT molecular complexity index is 805. The minimum atomic E-state index is -0.450. The smallest absolute Gasteiger partial charge is 0.302 e. The minimum Gasteiger partial charge on any atom is -0.496 e. The molecule has 3 rings (SSSR count). The van der Waals surface area contributed by atoms with Crippen molar-refractivity contribution >= 4 is 28.6 Å². The SMILES string of the molecule is COc1ccc2c3c(cccc13)C(=O)N(CCOC(C)=O)C2=O. The van der Waals surface area contributed by atoms with E-state index in [1.807, 2.05) is 6.07 Å². The summed E-state index contributed by atoms with van der Waals surface area (Å²) >= 11 is 0. The number of rotatable bonds is 4. The Morgan fingerprint density at radius 2 is 1.78 bits per heavy atom. The normalized spacial score (nSPS) is 13.4. The number of amides is 2. The van der Waals surface area contributed by atoms with E-state index in [4.69, 9.17) is 9.47 Å². The number of imide groups is 1. The second kappa shape index (κ2) is 5.72. The summed E-state index contributed by atoms with van der Waals surface area (Å²) in [4.78, 5) is 37.2. The van der Waals surface area contributed by atoms with E-state index in [2.05, 4.69) is 0 Å². The Hall–Kier alpha value is -2.89. The van der Waals surface area contributed by atoms with Gasteiger partial charge in [0, 0.05) is 28.8 Å². The molecule has 2 amide bonds. The first-order valence-corrected chi connectivity index (χ1v) is 7.14. The molecule has 0 unspecified atom stereocenters. The zero-order valence-electron chi connectivity index (χ0n) is 12.8. The lowest BCUT2D eigenvalue weighted by Crippen LogP contribution is -2.42. The van der Waals surface area contributed by atoms with E-state index in [0.717, 1.165) is 10.3 Å². The summed E-state index contributed by atoms with van der Waals surface area (Å²) in [5.41, 5.74) is 0.887. The van der Waals surface area contributed by atoms with Crippen LogP contribution in [0.5, 0.6) is 5.75 Å². The van der Waals surface area contributed by atoms with E-state index < -0.39 is 17.8 Å². The number of esters is 1. The molecule has 0 bridgehead atoms. The Morgan fingerprint density at radius 3 is 2.43 bits per heavy atom. The van der Waals surface area contributed by atoms with Gasteiger partial charge in [-0.1, -0.05) is 12.1 Å². The van der Waals surface area contributed by atoms with Crippen LogP contribution in [0.4, 0.5) is 0 Å². The van der Waals surface area contributed by atoms with Crippen molar-refractivity contribution in [3.63, 3.8) is 0 Å². The van der Waals surface area contributed by atoms with Gasteiger partial charge in [0.05, 0.1) is 13.7 Å². The van der Waals surface area contributed by atoms with Gasteiger partial charge in [-0.3, -0.25) is 19.3 Å². The molecule has 0 saturated carbocycles. The maximum atomic E-state index is 12.6. The molecule has 6 nitrogen and oxygen atoms in total. The summed E-state index contributed by atoms with van der Waals surface area (Å²) < 4.78 is 10.1. The maximum Gasteiger partial charge on any atom is 0.302 e. The number of carbonyl (C=O) groups excluding carboxylic acids is 3. The van der Waals surface area contributed by atoms with Crippen LogP contribution in [0.3, 0.4) is 0 Å². The Morgan fingerprint density at radius 1 is 1.09 bits per heavy atom. The highest BCUT2D eigenvalue weighted by molar-refractivity contribution is 6.26. The van der Waals surface area contributed by atoms with Gasteiger partial charge in [0.25, 0.3) is 11.8 Å². The first-order valence-electron chi connectivity index (χ1n) is 7.14. The van der Waals surface area contributed by atoms with Gasteiger partial charge in [-0.15, -0.1) is 0 Å². The minimum absolute atomic E-state index is 0.0196. The van der Waals surface area contributed by atoms with Gasteiger partial charge in [0.1, 0.15) is 12.4 Å². The van der Waals surface area contributed by atoms with Crippen molar-refractivity contribution in [2.75, 3.05) is 20.3 Å². The highest BCUT2D eigenvalue weighted by Gasteiger charge is 2.33. The quantitative estimate of drug-likeness (QED) is 0.638. The second-order valence-corrected chi connectivity index (χ2v) is 5.15. The van der Waals surface area contributed by atoms with Gasteiger partial charge in [0.15, 0.2) is 0 Å². The highest BCUT2D eigenvalue weighted by atomic mass is 16.5. The third-order valence-corrected chi connectivity index (χ3v) is 3.79. The van der Waals surface area contributed by atoms with E-state index >= 15 is 0 Å². The standard InChI is InChI=1S/C17H15NO5/c1-10(19)23-9-8-18-16(20)12-5-3-4-11-14(22-2)7-6-13(15(11)12)17(18)21/h3-7H,8-9H2,1-2H3. The summed E-state index contributed by atoms with van der Waals surface area (Å²) in [5, 5.41) is 1.33. The van der Waals surface area contributed by atoms with E-state index in [0.29, 0.717) is 22.3 Å². The fraction of sp³-hybridized carbons (Fsp3) is 0.235. The van der Waals surface area contributed by atoms with Gasteiger partial charge in [0.2, 0.25) is 0 Å². The summed E-state index contributed by atoms with van der Waals surface area (Å²) in [6, 6.07) is 8.61. The second-order valence-electron chi connectivity index (χ2n) is 5.15. The van der Waals surface area contributed by atoms with E-state index in [1.165, 1.54) is 6.92 Å². The summed E-state index contributed by atoms with van der Waals surface area (Å²) in [5.74, 6) is -0.629. The van der Waals surface area contributed by atoms with Crippen LogP contribution in [0, 0.1) is 0 Å². The van der Waals surface area contributed by atoms with Crippen molar-refractivity contribution in [3.8, 4) is 5.75 Å². The molecule has 6 heteroatoms. The number of hydrogen-bond acceptors (Lipinski definition) is 5.